The summed E-state index contributed by atoms with van der Waals surface area (Å²) in [4.78, 5) is 22.4. The van der Waals surface area contributed by atoms with Crippen molar-refractivity contribution < 1.29 is 23.1 Å². The number of hydrogen-bond donors (Lipinski definition) is 2. The molecule has 0 aliphatic rings. The number of sulfone groups is 1. The van der Waals surface area contributed by atoms with Crippen LogP contribution in [0.15, 0.2) is 27.6 Å². The third-order valence-corrected chi connectivity index (χ3v) is 5.72. The molecule has 0 saturated carbocycles. The van der Waals surface area contributed by atoms with E-state index in [-0.39, 0.29) is 14.9 Å². The number of carbonyl (C=O) groups is 2. The Kier molecular flexibility index (Phi) is 5.29. The molecule has 1 amide bonds. The Balaban J connectivity index is 3.31. The van der Waals surface area contributed by atoms with Crippen LogP contribution in [0.1, 0.15) is 24.2 Å². The topological polar surface area (TPSA) is 101 Å². The van der Waals surface area contributed by atoms with Crippen LogP contribution < -0.4 is 5.32 Å². The molecule has 1 aromatic rings. The molecule has 0 radical (unpaired) electrons. The van der Waals surface area contributed by atoms with Gasteiger partial charge in [-0.1, -0.05) is 0 Å². The summed E-state index contributed by atoms with van der Waals surface area (Å²) in [5, 5.41) is 10.0. The SMILES string of the molecule is CCNC(=O)C(C)S(=O)(=O)c1cc(C(=O)O)ccc1Br. The van der Waals surface area contributed by atoms with Crippen LogP contribution in [-0.2, 0) is 14.6 Å². The summed E-state index contributed by atoms with van der Waals surface area (Å²) in [7, 11) is -3.97. The van der Waals surface area contributed by atoms with Crippen LogP contribution >= 0.6 is 15.9 Å². The van der Waals surface area contributed by atoms with Crippen LogP contribution in [0.3, 0.4) is 0 Å². The summed E-state index contributed by atoms with van der Waals surface area (Å²) in [6.45, 7) is 3.26. The molecular weight excluding hydrogens is 350 g/mol. The molecule has 0 bridgehead atoms. The van der Waals surface area contributed by atoms with Gasteiger partial charge in [0.25, 0.3) is 0 Å². The third-order valence-electron chi connectivity index (χ3n) is 2.67. The number of amides is 1. The maximum absolute atomic E-state index is 12.4. The van der Waals surface area contributed by atoms with Gasteiger partial charge in [-0.15, -0.1) is 0 Å². The maximum atomic E-state index is 12.4. The highest BCUT2D eigenvalue weighted by molar-refractivity contribution is 9.10. The molecule has 0 saturated heterocycles. The summed E-state index contributed by atoms with van der Waals surface area (Å²) in [5.74, 6) is -1.86. The lowest BCUT2D eigenvalue weighted by Crippen LogP contribution is -2.37. The molecule has 1 aromatic carbocycles. The van der Waals surface area contributed by atoms with Gasteiger partial charge < -0.3 is 10.4 Å². The van der Waals surface area contributed by atoms with Crippen molar-refractivity contribution in [1.82, 2.24) is 5.32 Å². The molecule has 1 rings (SSSR count). The lowest BCUT2D eigenvalue weighted by molar-refractivity contribution is -0.120. The zero-order chi connectivity index (χ0) is 15.5. The number of carboxylic acid groups (broad SMARTS) is 1. The Morgan fingerprint density at radius 3 is 2.50 bits per heavy atom. The second-order valence-electron chi connectivity index (χ2n) is 4.03. The predicted molar refractivity (Wildman–Crippen MR) is 76.4 cm³/mol. The van der Waals surface area contributed by atoms with Crippen molar-refractivity contribution in [2.45, 2.75) is 24.0 Å². The second kappa shape index (κ2) is 6.36. The van der Waals surface area contributed by atoms with Gasteiger partial charge in [0.1, 0.15) is 5.25 Å². The van der Waals surface area contributed by atoms with Crippen LogP contribution in [0.25, 0.3) is 0 Å². The van der Waals surface area contributed by atoms with Crippen LogP contribution in [0.2, 0.25) is 0 Å². The van der Waals surface area contributed by atoms with Crippen molar-refractivity contribution in [3.8, 4) is 0 Å². The van der Waals surface area contributed by atoms with Crippen molar-refractivity contribution in [1.29, 1.82) is 0 Å². The second-order valence-corrected chi connectivity index (χ2v) is 7.12. The van der Waals surface area contributed by atoms with Gasteiger partial charge in [0.15, 0.2) is 9.84 Å². The van der Waals surface area contributed by atoms with Crippen LogP contribution in [0.5, 0.6) is 0 Å². The Morgan fingerprint density at radius 2 is 2.00 bits per heavy atom. The van der Waals surface area contributed by atoms with E-state index in [1.807, 2.05) is 0 Å². The zero-order valence-corrected chi connectivity index (χ0v) is 13.3. The van der Waals surface area contributed by atoms with E-state index in [9.17, 15) is 18.0 Å². The van der Waals surface area contributed by atoms with E-state index in [1.54, 1.807) is 6.92 Å². The normalized spacial score (nSPS) is 12.8. The van der Waals surface area contributed by atoms with Gasteiger partial charge in [-0.25, -0.2) is 13.2 Å². The fraction of sp³-hybridized carbons (Fsp3) is 0.333. The summed E-state index contributed by atoms with van der Waals surface area (Å²) in [5.41, 5.74) is -0.158. The van der Waals surface area contributed by atoms with Gasteiger partial charge >= 0.3 is 5.97 Å². The first kappa shape index (κ1) is 16.6. The van der Waals surface area contributed by atoms with E-state index < -0.39 is 27.0 Å². The number of carboxylic acids is 1. The summed E-state index contributed by atoms with van der Waals surface area (Å²) in [6.07, 6.45) is 0. The average Bonchev–Trinajstić information content (AvgIpc) is 2.37. The molecule has 0 aromatic heterocycles. The van der Waals surface area contributed by atoms with Gasteiger partial charge in [0.2, 0.25) is 5.91 Å². The Hall–Kier alpha value is -1.41. The highest BCUT2D eigenvalue weighted by atomic mass is 79.9. The first-order valence-corrected chi connectivity index (χ1v) is 8.10. The number of nitrogens with one attached hydrogen (secondary N) is 1. The highest BCUT2D eigenvalue weighted by Crippen LogP contribution is 2.26. The van der Waals surface area contributed by atoms with E-state index in [4.69, 9.17) is 5.11 Å². The molecule has 2 N–H and O–H groups in total. The van der Waals surface area contributed by atoms with E-state index in [1.165, 1.54) is 19.1 Å². The maximum Gasteiger partial charge on any atom is 0.335 e. The summed E-state index contributed by atoms with van der Waals surface area (Å²) in [6, 6.07) is 3.65. The minimum absolute atomic E-state index is 0.158. The Morgan fingerprint density at radius 1 is 1.40 bits per heavy atom. The standard InChI is InChI=1S/C12H14BrNO5S/c1-3-14-11(15)7(2)20(18,19)10-6-8(12(16)17)4-5-9(10)13/h4-7H,3H2,1-2H3,(H,14,15)(H,16,17). The van der Waals surface area contributed by atoms with Crippen molar-refractivity contribution in [3.63, 3.8) is 0 Å². The number of benzene rings is 1. The number of carbonyl (C=O) groups excluding carboxylic acids is 1. The summed E-state index contributed by atoms with van der Waals surface area (Å²) < 4.78 is 24.9. The molecule has 20 heavy (non-hydrogen) atoms. The first-order valence-electron chi connectivity index (χ1n) is 5.76. The number of hydrogen-bond acceptors (Lipinski definition) is 4. The lowest BCUT2D eigenvalue weighted by Gasteiger charge is -2.14. The lowest BCUT2D eigenvalue weighted by atomic mass is 10.2. The molecule has 6 nitrogen and oxygen atoms in total. The quantitative estimate of drug-likeness (QED) is 0.824. The largest absolute Gasteiger partial charge is 0.478 e. The minimum atomic E-state index is -3.97. The highest BCUT2D eigenvalue weighted by Gasteiger charge is 2.31. The van der Waals surface area contributed by atoms with E-state index in [0.29, 0.717) is 6.54 Å². The smallest absolute Gasteiger partial charge is 0.335 e. The van der Waals surface area contributed by atoms with E-state index in [0.717, 1.165) is 6.07 Å². The van der Waals surface area contributed by atoms with Crippen LogP contribution in [0.4, 0.5) is 0 Å². The van der Waals surface area contributed by atoms with Gasteiger partial charge in [0.05, 0.1) is 10.5 Å². The van der Waals surface area contributed by atoms with Crippen molar-refractivity contribution >= 4 is 37.6 Å². The molecule has 1 unspecified atom stereocenters. The fourth-order valence-electron chi connectivity index (χ4n) is 1.50. The molecule has 0 aliphatic heterocycles. The van der Waals surface area contributed by atoms with Gasteiger partial charge in [-0.2, -0.15) is 0 Å². The number of rotatable bonds is 5. The van der Waals surface area contributed by atoms with Crippen molar-refractivity contribution in [2.24, 2.45) is 0 Å². The van der Waals surface area contributed by atoms with Crippen molar-refractivity contribution in [2.75, 3.05) is 6.54 Å². The molecular formula is C12H14BrNO5S. The van der Waals surface area contributed by atoms with E-state index >= 15 is 0 Å². The molecule has 0 fully saturated rings. The molecule has 0 aliphatic carbocycles. The average molecular weight is 364 g/mol. The Bertz CT molecular complexity index is 641. The van der Waals surface area contributed by atoms with Crippen molar-refractivity contribution in [3.05, 3.63) is 28.2 Å². The monoisotopic (exact) mass is 363 g/mol. The molecule has 0 heterocycles. The van der Waals surface area contributed by atoms with Gasteiger partial charge in [0, 0.05) is 11.0 Å². The number of halogens is 1. The third kappa shape index (κ3) is 3.37. The van der Waals surface area contributed by atoms with Gasteiger partial charge in [-0.3, -0.25) is 4.79 Å². The fourth-order valence-corrected chi connectivity index (χ4v) is 3.80. The molecule has 1 atom stereocenters. The summed E-state index contributed by atoms with van der Waals surface area (Å²) >= 11 is 3.07. The van der Waals surface area contributed by atoms with Gasteiger partial charge in [-0.05, 0) is 48.0 Å². The zero-order valence-electron chi connectivity index (χ0n) is 10.9. The van der Waals surface area contributed by atoms with Crippen LogP contribution in [0, 0.1) is 0 Å². The Labute approximate surface area is 125 Å². The molecule has 8 heteroatoms. The van der Waals surface area contributed by atoms with E-state index in [2.05, 4.69) is 21.2 Å². The minimum Gasteiger partial charge on any atom is -0.478 e. The predicted octanol–water partition coefficient (Wildman–Crippen LogP) is 1.45. The number of aromatic carboxylic acids is 1. The molecule has 110 valence electrons. The first-order chi connectivity index (χ1) is 9.21. The van der Waals surface area contributed by atoms with Crippen LogP contribution in [-0.4, -0.2) is 37.2 Å². The molecule has 0 spiro atoms.